The molecule has 180 valence electrons. The summed E-state index contributed by atoms with van der Waals surface area (Å²) in [7, 11) is 1.31. The van der Waals surface area contributed by atoms with Crippen LogP contribution in [0.5, 0.6) is 5.95 Å². The Kier molecular flexibility index (Phi) is 5.92. The molecule has 0 aliphatic carbocycles. The van der Waals surface area contributed by atoms with Crippen molar-refractivity contribution in [3.8, 4) is 17.2 Å². The molecule has 7 nitrogen and oxygen atoms in total. The zero-order valence-electron chi connectivity index (χ0n) is 17.7. The Bertz CT molecular complexity index is 1230. The zero-order valence-corrected chi connectivity index (χ0v) is 17.7. The summed E-state index contributed by atoms with van der Waals surface area (Å²) in [4.78, 5) is 29.5. The first-order chi connectivity index (χ1) is 16.0. The molecule has 12 heteroatoms. The van der Waals surface area contributed by atoms with Gasteiger partial charge in [0.1, 0.15) is 5.58 Å². The van der Waals surface area contributed by atoms with Crippen LogP contribution in [-0.4, -0.2) is 47.9 Å². The normalized spacial score (nSPS) is 15.9. The smallest absolute Gasteiger partial charge is 0.416 e. The van der Waals surface area contributed by atoms with Crippen molar-refractivity contribution in [1.29, 1.82) is 0 Å². The van der Waals surface area contributed by atoms with Gasteiger partial charge in [0.05, 0.1) is 16.8 Å². The van der Waals surface area contributed by atoms with E-state index in [4.69, 9.17) is 9.15 Å². The number of likely N-dealkylation sites (tertiary alicyclic amines) is 1. The number of ether oxygens (including phenoxy) is 1. The van der Waals surface area contributed by atoms with E-state index in [0.29, 0.717) is 0 Å². The van der Waals surface area contributed by atoms with E-state index in [-0.39, 0.29) is 46.8 Å². The summed E-state index contributed by atoms with van der Waals surface area (Å²) in [6.45, 7) is -0.212. The summed E-state index contributed by atoms with van der Waals surface area (Å²) in [5.41, 5.74) is -0.929. The number of hydrogen-bond donors (Lipinski definition) is 1. The second-order valence-electron chi connectivity index (χ2n) is 7.72. The number of benzene rings is 1. The molecule has 1 aliphatic heterocycles. The summed E-state index contributed by atoms with van der Waals surface area (Å²) in [6.07, 6.45) is -5.25. The number of fused-ring (bicyclic) bond motifs is 1. The van der Waals surface area contributed by atoms with Crippen LogP contribution in [0.2, 0.25) is 0 Å². The standard InChI is InChI=1S/C22H18F5N3O4/c1-28-20(32)34-18-10-15-14(8-13(22(25,26)27)9-17(15)33-18)16-3-2-12(11-29-16)19(31)30-6-4-21(23,24)5-7-30/h2-3,8-11H,4-7H2,1H3,(H,28,32). The molecule has 0 bridgehead atoms. The average Bonchev–Trinajstić information content (AvgIpc) is 3.19. The number of hydrogen-bond acceptors (Lipinski definition) is 5. The minimum Gasteiger partial charge on any atom is -0.425 e. The number of furan rings is 1. The number of nitrogens with zero attached hydrogens (tertiary/aromatic N) is 2. The number of piperidine rings is 1. The van der Waals surface area contributed by atoms with Crippen LogP contribution in [0.15, 0.2) is 40.9 Å². The van der Waals surface area contributed by atoms with E-state index in [1.54, 1.807) is 0 Å². The zero-order chi connectivity index (χ0) is 24.7. The minimum atomic E-state index is -4.69. The fourth-order valence-electron chi connectivity index (χ4n) is 3.58. The number of aromatic nitrogens is 1. The second kappa shape index (κ2) is 8.58. The van der Waals surface area contributed by atoms with Crippen LogP contribution in [0.1, 0.15) is 28.8 Å². The number of carbonyl (C=O) groups excluding carboxylic acids is 2. The van der Waals surface area contributed by atoms with Gasteiger partial charge in [-0.2, -0.15) is 13.2 Å². The molecule has 1 N–H and O–H groups in total. The molecular weight excluding hydrogens is 465 g/mol. The predicted octanol–water partition coefficient (Wildman–Crippen LogP) is 5.10. The summed E-state index contributed by atoms with van der Waals surface area (Å²) in [6, 6.07) is 5.63. The molecule has 34 heavy (non-hydrogen) atoms. The van der Waals surface area contributed by atoms with Crippen molar-refractivity contribution in [2.24, 2.45) is 0 Å². The molecule has 1 aliphatic rings. The topological polar surface area (TPSA) is 84.7 Å². The molecule has 4 rings (SSSR count). The highest BCUT2D eigenvalue weighted by molar-refractivity contribution is 5.97. The van der Waals surface area contributed by atoms with Gasteiger partial charge in [0.25, 0.3) is 17.8 Å². The molecule has 1 saturated heterocycles. The van der Waals surface area contributed by atoms with Gasteiger partial charge in [0, 0.05) is 56.2 Å². The number of carbonyl (C=O) groups is 2. The Morgan fingerprint density at radius 1 is 1.15 bits per heavy atom. The van der Waals surface area contributed by atoms with Gasteiger partial charge >= 0.3 is 12.3 Å². The van der Waals surface area contributed by atoms with Gasteiger partial charge in [-0.25, -0.2) is 13.6 Å². The lowest BCUT2D eigenvalue weighted by molar-refractivity contribution is -0.137. The quantitative estimate of drug-likeness (QED) is 0.524. The first-order valence-corrected chi connectivity index (χ1v) is 10.1. The Morgan fingerprint density at radius 3 is 2.44 bits per heavy atom. The average molecular weight is 483 g/mol. The van der Waals surface area contributed by atoms with E-state index in [1.165, 1.54) is 36.3 Å². The van der Waals surface area contributed by atoms with E-state index in [9.17, 15) is 31.5 Å². The van der Waals surface area contributed by atoms with Gasteiger partial charge in [0.2, 0.25) is 0 Å². The Balaban J connectivity index is 1.68. The van der Waals surface area contributed by atoms with Gasteiger partial charge in [-0.1, -0.05) is 0 Å². The lowest BCUT2D eigenvalue weighted by Gasteiger charge is -2.31. The van der Waals surface area contributed by atoms with Crippen molar-refractivity contribution in [2.75, 3.05) is 20.1 Å². The molecule has 1 aromatic carbocycles. The number of alkyl halides is 5. The van der Waals surface area contributed by atoms with E-state index in [0.717, 1.165) is 12.1 Å². The Morgan fingerprint density at radius 2 is 1.85 bits per heavy atom. The third-order valence-corrected chi connectivity index (χ3v) is 5.41. The third kappa shape index (κ3) is 4.80. The van der Waals surface area contributed by atoms with Gasteiger partial charge in [-0.3, -0.25) is 9.78 Å². The monoisotopic (exact) mass is 483 g/mol. The number of amides is 2. The molecule has 0 unspecified atom stereocenters. The van der Waals surface area contributed by atoms with E-state index < -0.39 is 42.5 Å². The Hall–Kier alpha value is -3.70. The largest absolute Gasteiger partial charge is 0.425 e. The van der Waals surface area contributed by atoms with Crippen molar-refractivity contribution >= 4 is 23.0 Å². The van der Waals surface area contributed by atoms with Crippen LogP contribution in [0.4, 0.5) is 26.7 Å². The SMILES string of the molecule is CNC(=O)Oc1cc2c(-c3ccc(C(=O)N4CCC(F)(F)CC4)cn3)cc(C(F)(F)F)cc2o1. The highest BCUT2D eigenvalue weighted by atomic mass is 19.4. The first kappa shape index (κ1) is 23.5. The van der Waals surface area contributed by atoms with E-state index >= 15 is 0 Å². The van der Waals surface area contributed by atoms with E-state index in [1.807, 2.05) is 0 Å². The van der Waals surface area contributed by atoms with Crippen LogP contribution < -0.4 is 10.1 Å². The van der Waals surface area contributed by atoms with Gasteiger partial charge in [-0.05, 0) is 24.3 Å². The minimum absolute atomic E-state index is 0.0388. The third-order valence-electron chi connectivity index (χ3n) is 5.41. The molecule has 2 amide bonds. The van der Waals surface area contributed by atoms with Crippen LogP contribution in [0.3, 0.4) is 0 Å². The maximum atomic E-state index is 13.5. The van der Waals surface area contributed by atoms with Gasteiger partial charge < -0.3 is 19.4 Å². The summed E-state index contributed by atoms with van der Waals surface area (Å²) >= 11 is 0. The fourth-order valence-corrected chi connectivity index (χ4v) is 3.58. The number of nitrogens with one attached hydrogen (secondary N) is 1. The maximum Gasteiger partial charge on any atom is 0.416 e. The van der Waals surface area contributed by atoms with Crippen molar-refractivity contribution < 1.29 is 40.7 Å². The number of rotatable bonds is 3. The van der Waals surface area contributed by atoms with Crippen LogP contribution in [0.25, 0.3) is 22.2 Å². The molecule has 0 atom stereocenters. The molecular formula is C22H18F5N3O4. The molecule has 3 heterocycles. The van der Waals surface area contributed by atoms with E-state index in [2.05, 4.69) is 10.3 Å². The Labute approximate surface area is 189 Å². The molecule has 2 aromatic heterocycles. The lowest BCUT2D eigenvalue weighted by Crippen LogP contribution is -2.42. The van der Waals surface area contributed by atoms with Crippen LogP contribution in [-0.2, 0) is 6.18 Å². The van der Waals surface area contributed by atoms with Gasteiger partial charge in [0.15, 0.2) is 0 Å². The van der Waals surface area contributed by atoms with Crippen molar-refractivity contribution in [3.63, 3.8) is 0 Å². The molecule has 0 radical (unpaired) electrons. The maximum absolute atomic E-state index is 13.5. The van der Waals surface area contributed by atoms with Crippen LogP contribution in [0, 0.1) is 0 Å². The highest BCUT2D eigenvalue weighted by Crippen LogP contribution is 2.39. The summed E-state index contributed by atoms with van der Waals surface area (Å²) < 4.78 is 77.2. The molecule has 1 fully saturated rings. The predicted molar refractivity (Wildman–Crippen MR) is 110 cm³/mol. The van der Waals surface area contributed by atoms with Crippen molar-refractivity contribution in [3.05, 3.63) is 47.7 Å². The molecule has 0 spiro atoms. The van der Waals surface area contributed by atoms with Gasteiger partial charge in [-0.15, -0.1) is 0 Å². The number of halogens is 5. The van der Waals surface area contributed by atoms with Crippen molar-refractivity contribution in [2.45, 2.75) is 24.9 Å². The summed E-state index contributed by atoms with van der Waals surface area (Å²) in [5.74, 6) is -3.62. The van der Waals surface area contributed by atoms with Crippen LogP contribution >= 0.6 is 0 Å². The molecule has 3 aromatic rings. The summed E-state index contributed by atoms with van der Waals surface area (Å²) in [5, 5.41) is 2.40. The second-order valence-corrected chi connectivity index (χ2v) is 7.72. The number of pyridine rings is 1. The van der Waals surface area contributed by atoms with Crippen molar-refractivity contribution in [1.82, 2.24) is 15.2 Å². The highest BCUT2D eigenvalue weighted by Gasteiger charge is 2.36. The molecule has 0 saturated carbocycles. The fraction of sp³-hybridized carbons (Fsp3) is 0.318. The lowest BCUT2D eigenvalue weighted by atomic mass is 10.0. The first-order valence-electron chi connectivity index (χ1n) is 10.1.